The molecule has 0 aliphatic carbocycles. The molecule has 1 aromatic heterocycles. The van der Waals surface area contributed by atoms with Crippen LogP contribution in [0.2, 0.25) is 5.02 Å². The van der Waals surface area contributed by atoms with Crippen LogP contribution in [-0.2, 0) is 14.3 Å². The molecule has 0 bridgehead atoms. The Morgan fingerprint density at radius 2 is 1.76 bits per heavy atom. The van der Waals surface area contributed by atoms with Crippen LogP contribution in [-0.4, -0.2) is 54.4 Å². The average molecular weight is 533 g/mol. The van der Waals surface area contributed by atoms with Gasteiger partial charge in [-0.1, -0.05) is 30.7 Å². The fraction of sp³-hybridized carbons (Fsp3) is 0.556. The second kappa shape index (κ2) is 12.9. The molecule has 2 aromatic rings. The fourth-order valence-electron chi connectivity index (χ4n) is 4.31. The average Bonchev–Trinajstić information content (AvgIpc) is 2.87. The molecule has 1 aliphatic heterocycles. The molecule has 1 saturated heterocycles. The minimum atomic E-state index is -0.974. The highest BCUT2D eigenvalue weighted by molar-refractivity contribution is 6.30. The maximum absolute atomic E-state index is 12.3. The van der Waals surface area contributed by atoms with Gasteiger partial charge >= 0.3 is 12.1 Å². The molecule has 3 rings (SSSR count). The first kappa shape index (κ1) is 28.5. The molecular formula is C27H37ClN4O5. The first-order valence-electron chi connectivity index (χ1n) is 12.6. The van der Waals surface area contributed by atoms with Crippen molar-refractivity contribution in [2.45, 2.75) is 58.6 Å². The van der Waals surface area contributed by atoms with Crippen molar-refractivity contribution in [3.8, 4) is 5.75 Å². The van der Waals surface area contributed by atoms with Crippen LogP contribution < -0.4 is 15.0 Å². The third-order valence-corrected chi connectivity index (χ3v) is 6.58. The highest BCUT2D eigenvalue weighted by atomic mass is 35.5. The topological polar surface area (TPSA) is 103 Å². The first-order valence-corrected chi connectivity index (χ1v) is 13.0. The van der Waals surface area contributed by atoms with E-state index in [-0.39, 0.29) is 0 Å². The molecule has 0 saturated carbocycles. The highest BCUT2D eigenvalue weighted by Crippen LogP contribution is 2.29. The van der Waals surface area contributed by atoms with Crippen molar-refractivity contribution in [2.24, 2.45) is 11.8 Å². The molecule has 1 unspecified atom stereocenters. The van der Waals surface area contributed by atoms with Crippen LogP contribution in [0.1, 0.15) is 58.6 Å². The van der Waals surface area contributed by atoms with Gasteiger partial charge in [0.15, 0.2) is 6.04 Å². The van der Waals surface area contributed by atoms with E-state index in [9.17, 15) is 9.59 Å². The SMILES string of the molecule is COC(=O)C(NC(=O)OC(C)(C)C)c1ccc(OCC[C@@H](C)C2CCN(c3ncc(Cl)cn3)CC2)cc1. The molecule has 9 nitrogen and oxygen atoms in total. The van der Waals surface area contributed by atoms with Gasteiger partial charge < -0.3 is 24.4 Å². The van der Waals surface area contributed by atoms with Crippen LogP contribution in [0, 0.1) is 11.8 Å². The molecule has 1 amide bonds. The van der Waals surface area contributed by atoms with E-state index in [2.05, 4.69) is 27.1 Å². The van der Waals surface area contributed by atoms with E-state index >= 15 is 0 Å². The van der Waals surface area contributed by atoms with Crippen LogP contribution in [0.4, 0.5) is 10.7 Å². The number of hydrogen-bond donors (Lipinski definition) is 1. The van der Waals surface area contributed by atoms with Gasteiger partial charge in [0.2, 0.25) is 5.95 Å². The predicted octanol–water partition coefficient (Wildman–Crippen LogP) is 5.19. The standard InChI is InChI=1S/C27H37ClN4O5/c1-18(19-10-13-32(14-11-19)25-29-16-21(28)17-30-25)12-15-36-22-8-6-20(7-9-22)23(24(33)35-5)31-26(34)37-27(2,3)4/h6-9,16-19,23H,10-15H2,1-5H3,(H,31,34)/t18-,23?/m1/s1. The van der Waals surface area contributed by atoms with Gasteiger partial charge in [-0.25, -0.2) is 19.6 Å². The normalized spacial score (nSPS) is 16.0. The summed E-state index contributed by atoms with van der Waals surface area (Å²) < 4.78 is 16.1. The fourth-order valence-corrected chi connectivity index (χ4v) is 4.41. The van der Waals surface area contributed by atoms with Crippen molar-refractivity contribution in [1.29, 1.82) is 0 Å². The monoisotopic (exact) mass is 532 g/mol. The van der Waals surface area contributed by atoms with E-state index in [4.69, 9.17) is 25.8 Å². The zero-order valence-corrected chi connectivity index (χ0v) is 23.0. The Morgan fingerprint density at radius 1 is 1.14 bits per heavy atom. The van der Waals surface area contributed by atoms with Crippen molar-refractivity contribution in [3.05, 3.63) is 47.2 Å². The van der Waals surface area contributed by atoms with E-state index < -0.39 is 23.7 Å². The van der Waals surface area contributed by atoms with Gasteiger partial charge in [0, 0.05) is 13.1 Å². The van der Waals surface area contributed by atoms with E-state index in [1.165, 1.54) is 7.11 Å². The first-order chi connectivity index (χ1) is 17.6. The van der Waals surface area contributed by atoms with Gasteiger partial charge in [0.1, 0.15) is 11.4 Å². The number of esters is 1. The molecule has 10 heteroatoms. The number of benzene rings is 1. The molecule has 37 heavy (non-hydrogen) atoms. The van der Waals surface area contributed by atoms with E-state index in [0.29, 0.717) is 34.8 Å². The number of nitrogens with one attached hydrogen (secondary N) is 1. The van der Waals surface area contributed by atoms with Crippen LogP contribution in [0.3, 0.4) is 0 Å². The lowest BCUT2D eigenvalue weighted by molar-refractivity contribution is -0.143. The van der Waals surface area contributed by atoms with E-state index in [1.807, 2.05) is 0 Å². The van der Waals surface area contributed by atoms with E-state index in [1.54, 1.807) is 57.4 Å². The van der Waals surface area contributed by atoms with Crippen LogP contribution >= 0.6 is 11.6 Å². The minimum absolute atomic E-state index is 0.522. The predicted molar refractivity (Wildman–Crippen MR) is 142 cm³/mol. The van der Waals surface area contributed by atoms with Crippen molar-refractivity contribution in [2.75, 3.05) is 31.7 Å². The molecule has 1 aromatic carbocycles. The maximum Gasteiger partial charge on any atom is 0.408 e. The van der Waals surface area contributed by atoms with Crippen LogP contribution in [0.25, 0.3) is 0 Å². The summed E-state index contributed by atoms with van der Waals surface area (Å²) in [7, 11) is 1.28. The summed E-state index contributed by atoms with van der Waals surface area (Å²) in [5.74, 6) is 2.00. The van der Waals surface area contributed by atoms with Crippen LogP contribution in [0.15, 0.2) is 36.7 Å². The second-order valence-corrected chi connectivity index (χ2v) is 10.7. The zero-order chi connectivity index (χ0) is 27.0. The largest absolute Gasteiger partial charge is 0.494 e. The van der Waals surface area contributed by atoms with Gasteiger partial charge in [-0.05, 0) is 69.6 Å². The minimum Gasteiger partial charge on any atom is -0.494 e. The Hall–Kier alpha value is -3.07. The summed E-state index contributed by atoms with van der Waals surface area (Å²) in [4.78, 5) is 35.3. The van der Waals surface area contributed by atoms with Gasteiger partial charge in [0.25, 0.3) is 0 Å². The van der Waals surface area contributed by atoms with Crippen molar-refractivity contribution in [1.82, 2.24) is 15.3 Å². The molecule has 2 heterocycles. The summed E-state index contributed by atoms with van der Waals surface area (Å²) in [6.45, 7) is 9.99. The van der Waals surface area contributed by atoms with Crippen LogP contribution in [0.5, 0.6) is 5.75 Å². The quantitative estimate of drug-likeness (QED) is 0.440. The molecule has 0 spiro atoms. The van der Waals surface area contributed by atoms with Gasteiger partial charge in [-0.15, -0.1) is 0 Å². The number of alkyl carbamates (subject to hydrolysis) is 1. The summed E-state index contributed by atoms with van der Waals surface area (Å²) >= 11 is 5.89. The lowest BCUT2D eigenvalue weighted by Gasteiger charge is -2.34. The Morgan fingerprint density at radius 3 is 2.32 bits per heavy atom. The lowest BCUT2D eigenvalue weighted by atomic mass is 9.84. The molecular weight excluding hydrogens is 496 g/mol. The molecule has 1 N–H and O–H groups in total. The number of halogens is 1. The molecule has 202 valence electrons. The number of carbonyl (C=O) groups is 2. The number of aromatic nitrogens is 2. The van der Waals surface area contributed by atoms with Gasteiger partial charge in [-0.2, -0.15) is 0 Å². The van der Waals surface area contributed by atoms with Crippen molar-refractivity contribution >= 4 is 29.6 Å². The third kappa shape index (κ3) is 8.77. The van der Waals surface area contributed by atoms with Gasteiger partial charge in [-0.3, -0.25) is 0 Å². The number of carbonyl (C=O) groups excluding carboxylic acids is 2. The van der Waals surface area contributed by atoms with Gasteiger partial charge in [0.05, 0.1) is 31.1 Å². The molecule has 1 aliphatic rings. The molecule has 0 radical (unpaired) electrons. The summed E-state index contributed by atoms with van der Waals surface area (Å²) in [5.41, 5.74) is -0.100. The van der Waals surface area contributed by atoms with Crippen molar-refractivity contribution in [3.63, 3.8) is 0 Å². The Kier molecular flexibility index (Phi) is 9.97. The van der Waals surface area contributed by atoms with Crippen molar-refractivity contribution < 1.29 is 23.8 Å². The zero-order valence-electron chi connectivity index (χ0n) is 22.2. The second-order valence-electron chi connectivity index (χ2n) is 10.3. The molecule has 1 fully saturated rings. The number of piperidine rings is 1. The maximum atomic E-state index is 12.3. The smallest absolute Gasteiger partial charge is 0.408 e. The summed E-state index contributed by atoms with van der Waals surface area (Å²) in [5, 5.41) is 3.12. The Bertz CT molecular complexity index is 1020. The number of hydrogen-bond acceptors (Lipinski definition) is 8. The number of rotatable bonds is 9. The number of methoxy groups -OCH3 is 1. The molecule has 2 atom stereocenters. The highest BCUT2D eigenvalue weighted by Gasteiger charge is 2.27. The third-order valence-electron chi connectivity index (χ3n) is 6.39. The lowest BCUT2D eigenvalue weighted by Crippen LogP contribution is -2.38. The number of ether oxygens (including phenoxy) is 3. The number of amides is 1. The van der Waals surface area contributed by atoms with E-state index in [0.717, 1.165) is 38.3 Å². The Balaban J connectivity index is 1.46. The Labute approximate surface area is 223 Å². The summed E-state index contributed by atoms with van der Waals surface area (Å²) in [6, 6.07) is 6.09. The number of nitrogens with zero attached hydrogens (tertiary/aromatic N) is 3. The summed E-state index contributed by atoms with van der Waals surface area (Å²) in [6.07, 6.45) is 5.69. The number of anilines is 1.